The van der Waals surface area contributed by atoms with Gasteiger partial charge in [0.15, 0.2) is 11.5 Å². The molecule has 12 nitrogen and oxygen atoms in total. The number of halogens is 2. The van der Waals surface area contributed by atoms with E-state index >= 15 is 0 Å². The summed E-state index contributed by atoms with van der Waals surface area (Å²) >= 11 is 0. The number of ketones is 2. The minimum Gasteiger partial charge on any atom is -0.508 e. The largest absolute Gasteiger partial charge is 0.508 e. The van der Waals surface area contributed by atoms with E-state index in [4.69, 9.17) is 17.2 Å². The van der Waals surface area contributed by atoms with Gasteiger partial charge in [0.05, 0.1) is 28.3 Å². The van der Waals surface area contributed by atoms with E-state index in [1.54, 1.807) is 19.0 Å². The summed E-state index contributed by atoms with van der Waals surface area (Å²) in [5.41, 5.74) is 9.67. The zero-order valence-electron chi connectivity index (χ0n) is 23.7. The van der Waals surface area contributed by atoms with E-state index in [0.717, 1.165) is 12.1 Å². The number of anilines is 1. The Bertz CT molecular complexity index is 1720. The van der Waals surface area contributed by atoms with Crippen LogP contribution in [0, 0.1) is 11.6 Å². The predicted octanol–water partition coefficient (Wildman–Crippen LogP) is 0.138. The molecule has 0 unspecified atom stereocenters. The molecular formula is C29H31F2N5O7. The second-order valence-corrected chi connectivity index (χ2v) is 11.8. The summed E-state index contributed by atoms with van der Waals surface area (Å²) in [5, 5.41) is 46.1. The van der Waals surface area contributed by atoms with E-state index in [-0.39, 0.29) is 28.7 Å². The highest BCUT2D eigenvalue weighted by Gasteiger charge is 2.73. The van der Waals surface area contributed by atoms with E-state index < -0.39 is 86.7 Å². The number of phenolic OH excluding ortho intramolecular Hbond substituents is 1. The van der Waals surface area contributed by atoms with Crippen molar-refractivity contribution < 1.29 is 43.6 Å². The molecule has 10 N–H and O–H groups in total. The molecule has 0 aliphatic heterocycles. The zero-order chi connectivity index (χ0) is 32.1. The summed E-state index contributed by atoms with van der Waals surface area (Å²) < 4.78 is 28.5. The quantitative estimate of drug-likeness (QED) is 0.235. The van der Waals surface area contributed by atoms with Gasteiger partial charge in [-0.2, -0.15) is 0 Å². The van der Waals surface area contributed by atoms with Gasteiger partial charge in [-0.25, -0.2) is 8.78 Å². The van der Waals surface area contributed by atoms with Crippen LogP contribution in [0.2, 0.25) is 0 Å². The number of hydrogen-bond donors (Lipinski definition) is 7. The summed E-state index contributed by atoms with van der Waals surface area (Å²) in [7, 11) is 6.07. The van der Waals surface area contributed by atoms with Crippen molar-refractivity contribution in [3.8, 4) is 16.9 Å². The molecule has 2 aromatic rings. The molecule has 0 bridgehead atoms. The highest BCUT2D eigenvalue weighted by atomic mass is 19.1. The maximum atomic E-state index is 14.9. The topological polar surface area (TPSA) is 217 Å². The number of nitrogens with zero attached hydrogens (tertiary/aromatic N) is 2. The van der Waals surface area contributed by atoms with Crippen molar-refractivity contribution in [3.63, 3.8) is 0 Å². The minimum atomic E-state index is -3.16. The molecule has 228 valence electrons. The van der Waals surface area contributed by atoms with Crippen LogP contribution in [-0.4, -0.2) is 93.7 Å². The number of benzene rings is 2. The van der Waals surface area contributed by atoms with E-state index in [9.17, 15) is 43.6 Å². The number of nitrogens with two attached hydrogens (primary N) is 3. The monoisotopic (exact) mass is 599 g/mol. The van der Waals surface area contributed by atoms with E-state index in [1.807, 2.05) is 0 Å². The Hall–Kier alpha value is -4.37. The fourth-order valence-corrected chi connectivity index (χ4v) is 6.96. The molecule has 0 spiro atoms. The van der Waals surface area contributed by atoms with Crippen LogP contribution < -0.4 is 22.1 Å². The lowest BCUT2D eigenvalue weighted by Gasteiger charge is -2.59. The first-order chi connectivity index (χ1) is 19.8. The van der Waals surface area contributed by atoms with Gasteiger partial charge in [-0.05, 0) is 50.7 Å². The standard InChI is InChI=1S/C29H31F2N5O7/c1-35(2)16-8-13(12-6-5-11(30)7-15(12)31)20(37)17-14(16)9-27(33)10-28(34)23(36(3)4)22(39)18(26(32)42)24(40)29(28,43)25(41)19(27)21(17)38/h5-8,23,37-38,40,43H,9-10,33-34H2,1-4H3,(H2,32,42)/t23-,27-,28-,29-/m0/s1. The van der Waals surface area contributed by atoms with Crippen molar-refractivity contribution in [1.29, 1.82) is 0 Å². The second kappa shape index (κ2) is 9.31. The fraction of sp³-hybridized carbons (Fsp3) is 0.345. The average Bonchev–Trinajstić information content (AvgIpc) is 2.86. The van der Waals surface area contributed by atoms with Crippen molar-refractivity contribution in [1.82, 2.24) is 4.90 Å². The van der Waals surface area contributed by atoms with Crippen LogP contribution in [-0.2, 0) is 20.8 Å². The summed E-state index contributed by atoms with van der Waals surface area (Å²) in [6.07, 6.45) is -0.856. The number of amides is 1. The molecular weight excluding hydrogens is 568 g/mol. The molecule has 43 heavy (non-hydrogen) atoms. The van der Waals surface area contributed by atoms with Crippen molar-refractivity contribution in [3.05, 3.63) is 63.9 Å². The molecule has 1 amide bonds. The Labute approximate surface area is 244 Å². The zero-order valence-corrected chi connectivity index (χ0v) is 23.7. The first-order valence-corrected chi connectivity index (χ1v) is 13.1. The van der Waals surface area contributed by atoms with Crippen LogP contribution >= 0.6 is 0 Å². The number of phenols is 1. The summed E-state index contributed by atoms with van der Waals surface area (Å²) in [6, 6.07) is 2.53. The second-order valence-electron chi connectivity index (χ2n) is 11.8. The van der Waals surface area contributed by atoms with Crippen LogP contribution in [0.15, 0.2) is 41.2 Å². The van der Waals surface area contributed by atoms with Crippen LogP contribution in [0.1, 0.15) is 17.5 Å². The lowest BCUT2D eigenvalue weighted by molar-refractivity contribution is -0.158. The molecule has 5 rings (SSSR count). The van der Waals surface area contributed by atoms with E-state index in [2.05, 4.69) is 0 Å². The number of aliphatic hydroxyl groups excluding tert-OH is 2. The number of Topliss-reactive ketones (excluding diaryl/α,β-unsaturated/α-hetero) is 2. The van der Waals surface area contributed by atoms with Gasteiger partial charge >= 0.3 is 0 Å². The SMILES string of the molecule is CN(C)c1cc(-c2ccc(F)cc2F)c(O)c2c1C[C@]1(N)C[C@]3(N)[C@@H](N(C)C)C(=O)C(C(N)=O)=C(O)[C@]3(O)C(=O)C1=C2O. The molecule has 3 aliphatic rings. The maximum Gasteiger partial charge on any atom is 0.255 e. The highest BCUT2D eigenvalue weighted by Crippen LogP contribution is 2.56. The molecule has 4 atom stereocenters. The molecule has 14 heteroatoms. The average molecular weight is 600 g/mol. The molecule has 0 radical (unpaired) electrons. The van der Waals surface area contributed by atoms with Gasteiger partial charge in [0, 0.05) is 37.0 Å². The lowest BCUT2D eigenvalue weighted by Crippen LogP contribution is -2.83. The van der Waals surface area contributed by atoms with Crippen molar-refractivity contribution >= 4 is 28.9 Å². The third-order valence-electron chi connectivity index (χ3n) is 8.71. The van der Waals surface area contributed by atoms with Gasteiger partial charge < -0.3 is 42.5 Å². The van der Waals surface area contributed by atoms with Crippen molar-refractivity contribution in [2.24, 2.45) is 17.2 Å². The molecule has 3 aliphatic carbocycles. The van der Waals surface area contributed by atoms with Crippen molar-refractivity contribution in [2.75, 3.05) is 33.1 Å². The summed E-state index contributed by atoms with van der Waals surface area (Å²) in [5.74, 6) is -8.72. The number of hydrogen-bond acceptors (Lipinski definition) is 11. The molecule has 0 aromatic heterocycles. The molecule has 2 aromatic carbocycles. The van der Waals surface area contributed by atoms with Crippen LogP contribution in [0.25, 0.3) is 16.9 Å². The van der Waals surface area contributed by atoms with Gasteiger partial charge in [-0.1, -0.05) is 0 Å². The molecule has 0 saturated heterocycles. The summed E-state index contributed by atoms with van der Waals surface area (Å²) in [6.45, 7) is 0. The first-order valence-electron chi connectivity index (χ1n) is 13.1. The minimum absolute atomic E-state index is 0.151. The van der Waals surface area contributed by atoms with Crippen molar-refractivity contribution in [2.45, 2.75) is 35.6 Å². The number of aromatic hydroxyl groups is 1. The van der Waals surface area contributed by atoms with E-state index in [0.29, 0.717) is 11.8 Å². The maximum absolute atomic E-state index is 14.9. The van der Waals surface area contributed by atoms with E-state index in [1.165, 1.54) is 25.1 Å². The number of primary amides is 1. The Balaban J connectivity index is 1.86. The number of fused-ring (bicyclic) bond motifs is 3. The third-order valence-corrected chi connectivity index (χ3v) is 8.71. The van der Waals surface area contributed by atoms with Crippen LogP contribution in [0.4, 0.5) is 14.5 Å². The Morgan fingerprint density at radius 2 is 1.65 bits per heavy atom. The Morgan fingerprint density at radius 1 is 1.02 bits per heavy atom. The molecule has 0 heterocycles. The molecule has 1 saturated carbocycles. The number of carbonyl (C=O) groups excluding carboxylic acids is 3. The fourth-order valence-electron chi connectivity index (χ4n) is 6.96. The number of carbonyl (C=O) groups is 3. The van der Waals surface area contributed by atoms with Gasteiger partial charge in [-0.15, -0.1) is 0 Å². The van der Waals surface area contributed by atoms with Crippen LogP contribution in [0.3, 0.4) is 0 Å². The van der Waals surface area contributed by atoms with Crippen LogP contribution in [0.5, 0.6) is 5.75 Å². The normalized spacial score (nSPS) is 28.6. The first kappa shape index (κ1) is 30.1. The molecule has 1 fully saturated rings. The van der Waals surface area contributed by atoms with Gasteiger partial charge in [0.1, 0.15) is 28.7 Å². The number of rotatable bonds is 4. The van der Waals surface area contributed by atoms with Gasteiger partial charge in [0.2, 0.25) is 11.4 Å². The van der Waals surface area contributed by atoms with Gasteiger partial charge in [-0.3, -0.25) is 19.3 Å². The summed E-state index contributed by atoms with van der Waals surface area (Å²) in [4.78, 5) is 42.8. The Morgan fingerprint density at radius 3 is 2.19 bits per heavy atom. The number of aliphatic hydroxyl groups is 3. The lowest BCUT2D eigenvalue weighted by atomic mass is 9.51. The number of likely N-dealkylation sites (N-methyl/N-ethyl adjacent to an activating group) is 1. The third kappa shape index (κ3) is 3.77. The highest BCUT2D eigenvalue weighted by molar-refractivity contribution is 6.25. The smallest absolute Gasteiger partial charge is 0.255 e. The Kier molecular flexibility index (Phi) is 6.52. The van der Waals surface area contributed by atoms with Gasteiger partial charge in [0.25, 0.3) is 5.91 Å². The predicted molar refractivity (Wildman–Crippen MR) is 151 cm³/mol.